The minimum atomic E-state index is -0.221. The van der Waals surface area contributed by atoms with Crippen LogP contribution in [0.4, 0.5) is 0 Å². The van der Waals surface area contributed by atoms with Crippen molar-refractivity contribution in [2.45, 2.75) is 38.8 Å². The number of hydrogen-bond acceptors (Lipinski definition) is 5. The van der Waals surface area contributed by atoms with Crippen LogP contribution in [0.3, 0.4) is 0 Å². The lowest BCUT2D eigenvalue weighted by molar-refractivity contribution is -0.135. The first-order valence-electron chi connectivity index (χ1n) is 11.1. The van der Waals surface area contributed by atoms with E-state index in [-0.39, 0.29) is 11.9 Å². The number of rotatable bonds is 6. The van der Waals surface area contributed by atoms with Gasteiger partial charge in [0, 0.05) is 24.0 Å². The highest BCUT2D eigenvalue weighted by molar-refractivity contribution is 6.30. The van der Waals surface area contributed by atoms with E-state index in [1.54, 1.807) is 11.3 Å². The molecular weight excluding hydrogens is 412 g/mol. The topological polar surface area (TPSA) is 52.3 Å². The fourth-order valence-corrected chi connectivity index (χ4v) is 4.95. The quantitative estimate of drug-likeness (QED) is 0.670. The number of amides is 1. The average molecular weight is 443 g/mol. The predicted octanol–water partition coefficient (Wildman–Crippen LogP) is 4.27. The van der Waals surface area contributed by atoms with Gasteiger partial charge in [0.15, 0.2) is 0 Å². The zero-order valence-corrected chi connectivity index (χ0v) is 19.3. The first-order chi connectivity index (χ1) is 15.0. The van der Waals surface area contributed by atoms with E-state index in [1.807, 2.05) is 36.4 Å². The van der Waals surface area contributed by atoms with Crippen LogP contribution in [-0.4, -0.2) is 65.7 Å². The summed E-state index contributed by atoms with van der Waals surface area (Å²) in [4.78, 5) is 18.0. The van der Waals surface area contributed by atoms with Gasteiger partial charge in [0.05, 0.1) is 18.5 Å². The predicted molar refractivity (Wildman–Crippen MR) is 123 cm³/mol. The number of halogens is 1. The Bertz CT molecular complexity index is 912. The molecule has 3 heterocycles. The van der Waals surface area contributed by atoms with Gasteiger partial charge in [-0.15, -0.1) is 0 Å². The molecule has 0 N–H and O–H groups in total. The molecule has 3 unspecified atom stereocenters. The molecule has 31 heavy (non-hydrogen) atoms. The summed E-state index contributed by atoms with van der Waals surface area (Å²) in [6.45, 7) is 8.08. The van der Waals surface area contributed by atoms with Crippen molar-refractivity contribution in [2.75, 3.05) is 33.2 Å². The van der Waals surface area contributed by atoms with E-state index in [9.17, 15) is 4.79 Å². The zero-order chi connectivity index (χ0) is 22.0. The summed E-state index contributed by atoms with van der Waals surface area (Å²) in [5.41, 5.74) is 1.85. The number of hydrogen-bond donors (Lipinski definition) is 0. The molecule has 1 amide bonds. The molecule has 0 bridgehead atoms. The lowest BCUT2D eigenvalue weighted by Crippen LogP contribution is -2.51. The maximum absolute atomic E-state index is 13.4. The van der Waals surface area contributed by atoms with Crippen molar-refractivity contribution in [3.63, 3.8) is 0 Å². The summed E-state index contributed by atoms with van der Waals surface area (Å²) in [5, 5.41) is 7.03. The van der Waals surface area contributed by atoms with Crippen LogP contribution >= 0.6 is 11.6 Å². The lowest BCUT2D eigenvalue weighted by Gasteiger charge is -2.41. The smallest absolute Gasteiger partial charge is 0.257 e. The standard InChI is InChI=1S/C24H31ClN4O2/c1-4-28-12-11-21(17(2)15-28)27(3)16-24(30)29-22(23-6-5-13-31-23)14-20(26-29)18-7-9-19(25)10-8-18/h5-10,13,17,21-22H,4,11-12,14-16H2,1-3H3. The van der Waals surface area contributed by atoms with E-state index in [0.717, 1.165) is 43.1 Å². The number of likely N-dealkylation sites (tertiary alicyclic amines) is 1. The Labute approximate surface area is 189 Å². The third-order valence-electron chi connectivity index (χ3n) is 6.56. The number of nitrogens with zero attached hydrogens (tertiary/aromatic N) is 4. The Morgan fingerprint density at radius 2 is 2.06 bits per heavy atom. The van der Waals surface area contributed by atoms with Gasteiger partial charge in [-0.1, -0.05) is 37.6 Å². The Morgan fingerprint density at radius 1 is 1.29 bits per heavy atom. The number of piperidine rings is 1. The zero-order valence-electron chi connectivity index (χ0n) is 18.5. The summed E-state index contributed by atoms with van der Waals surface area (Å²) in [6.07, 6.45) is 3.35. The molecule has 166 valence electrons. The third kappa shape index (κ3) is 4.86. The molecule has 6 nitrogen and oxygen atoms in total. The maximum atomic E-state index is 13.4. The molecule has 7 heteroatoms. The van der Waals surface area contributed by atoms with Gasteiger partial charge in [0.2, 0.25) is 0 Å². The molecule has 1 fully saturated rings. The van der Waals surface area contributed by atoms with Gasteiger partial charge in [-0.25, -0.2) is 5.01 Å². The van der Waals surface area contributed by atoms with E-state index in [2.05, 4.69) is 30.7 Å². The molecule has 2 aromatic rings. The second-order valence-corrected chi connectivity index (χ2v) is 9.11. The van der Waals surface area contributed by atoms with Crippen molar-refractivity contribution in [1.82, 2.24) is 14.8 Å². The molecule has 0 radical (unpaired) electrons. The molecule has 0 aliphatic carbocycles. The van der Waals surface area contributed by atoms with Crippen molar-refractivity contribution in [2.24, 2.45) is 11.0 Å². The van der Waals surface area contributed by atoms with E-state index < -0.39 is 0 Å². The highest BCUT2D eigenvalue weighted by Crippen LogP contribution is 2.33. The van der Waals surface area contributed by atoms with Gasteiger partial charge in [-0.3, -0.25) is 9.69 Å². The van der Waals surface area contributed by atoms with Gasteiger partial charge in [-0.2, -0.15) is 5.10 Å². The summed E-state index contributed by atoms with van der Waals surface area (Å²) in [5.74, 6) is 1.28. The van der Waals surface area contributed by atoms with Crippen LogP contribution in [0.2, 0.25) is 5.02 Å². The number of furan rings is 1. The van der Waals surface area contributed by atoms with Crippen LogP contribution < -0.4 is 0 Å². The average Bonchev–Trinajstić information content (AvgIpc) is 3.44. The van der Waals surface area contributed by atoms with Crippen molar-refractivity contribution >= 4 is 23.2 Å². The summed E-state index contributed by atoms with van der Waals surface area (Å²) in [7, 11) is 2.06. The number of likely N-dealkylation sites (N-methyl/N-ethyl adjacent to an activating group) is 1. The van der Waals surface area contributed by atoms with E-state index >= 15 is 0 Å². The van der Waals surface area contributed by atoms with E-state index in [0.29, 0.717) is 29.9 Å². The summed E-state index contributed by atoms with van der Waals surface area (Å²) in [6, 6.07) is 11.5. The molecule has 0 saturated carbocycles. The Morgan fingerprint density at radius 3 is 2.71 bits per heavy atom. The number of carbonyl (C=O) groups excluding carboxylic acids is 1. The van der Waals surface area contributed by atoms with E-state index in [1.165, 1.54) is 0 Å². The van der Waals surface area contributed by atoms with Gasteiger partial charge in [0.25, 0.3) is 5.91 Å². The van der Waals surface area contributed by atoms with Crippen LogP contribution in [0.1, 0.15) is 44.1 Å². The second kappa shape index (κ2) is 9.55. The first kappa shape index (κ1) is 22.1. The van der Waals surface area contributed by atoms with Crippen LogP contribution in [-0.2, 0) is 4.79 Å². The summed E-state index contributed by atoms with van der Waals surface area (Å²) >= 11 is 6.04. The maximum Gasteiger partial charge on any atom is 0.257 e. The third-order valence-corrected chi connectivity index (χ3v) is 6.81. The van der Waals surface area contributed by atoms with Gasteiger partial charge < -0.3 is 9.32 Å². The lowest BCUT2D eigenvalue weighted by atomic mass is 9.92. The van der Waals surface area contributed by atoms with Gasteiger partial charge >= 0.3 is 0 Å². The normalized spacial score (nSPS) is 24.6. The monoisotopic (exact) mass is 442 g/mol. The minimum Gasteiger partial charge on any atom is -0.467 e. The summed E-state index contributed by atoms with van der Waals surface area (Å²) < 4.78 is 5.66. The molecule has 1 aromatic carbocycles. The number of benzene rings is 1. The van der Waals surface area contributed by atoms with Gasteiger partial charge in [-0.05, 0) is 62.3 Å². The molecular formula is C24H31ClN4O2. The number of hydrazone groups is 1. The van der Waals surface area contributed by atoms with Crippen molar-refractivity contribution in [3.8, 4) is 0 Å². The number of carbonyl (C=O) groups is 1. The molecule has 0 spiro atoms. The highest BCUT2D eigenvalue weighted by atomic mass is 35.5. The second-order valence-electron chi connectivity index (χ2n) is 8.67. The van der Waals surface area contributed by atoms with Crippen LogP contribution in [0.15, 0.2) is 52.2 Å². The Hall–Kier alpha value is -2.15. The fourth-order valence-electron chi connectivity index (χ4n) is 4.82. The Kier molecular flexibility index (Phi) is 6.80. The Balaban J connectivity index is 1.50. The van der Waals surface area contributed by atoms with Crippen LogP contribution in [0.25, 0.3) is 0 Å². The largest absolute Gasteiger partial charge is 0.467 e. The molecule has 2 aliphatic rings. The van der Waals surface area contributed by atoms with Crippen molar-refractivity contribution in [1.29, 1.82) is 0 Å². The van der Waals surface area contributed by atoms with E-state index in [4.69, 9.17) is 21.1 Å². The molecule has 4 rings (SSSR count). The van der Waals surface area contributed by atoms with Gasteiger partial charge in [0.1, 0.15) is 11.8 Å². The fraction of sp³-hybridized carbons (Fsp3) is 0.500. The SMILES string of the molecule is CCN1CCC(N(C)CC(=O)N2N=C(c3ccc(Cl)cc3)CC2c2ccco2)C(C)C1. The molecule has 1 aromatic heterocycles. The van der Waals surface area contributed by atoms with Crippen molar-refractivity contribution in [3.05, 3.63) is 59.0 Å². The molecule has 3 atom stereocenters. The minimum absolute atomic E-state index is 0.00187. The van der Waals surface area contributed by atoms with Crippen LogP contribution in [0, 0.1) is 5.92 Å². The molecule has 2 aliphatic heterocycles. The molecule has 1 saturated heterocycles. The highest BCUT2D eigenvalue weighted by Gasteiger charge is 2.36. The van der Waals surface area contributed by atoms with Crippen molar-refractivity contribution < 1.29 is 9.21 Å². The first-order valence-corrected chi connectivity index (χ1v) is 11.5. The van der Waals surface area contributed by atoms with Crippen LogP contribution in [0.5, 0.6) is 0 Å².